The van der Waals surface area contributed by atoms with E-state index in [-0.39, 0.29) is 11.7 Å². The van der Waals surface area contributed by atoms with Crippen molar-refractivity contribution in [1.29, 1.82) is 0 Å². The van der Waals surface area contributed by atoms with Crippen molar-refractivity contribution in [3.05, 3.63) is 69.5 Å². The number of hydrogen-bond acceptors (Lipinski definition) is 4. The van der Waals surface area contributed by atoms with Gasteiger partial charge in [0.2, 0.25) is 0 Å². The Kier molecular flexibility index (Phi) is 6.77. The smallest absolute Gasteiger partial charge is 0.253 e. The maximum Gasteiger partial charge on any atom is 0.253 e. The van der Waals surface area contributed by atoms with Gasteiger partial charge in [-0.15, -0.1) is 0 Å². The largest absolute Gasteiger partial charge is 0.497 e. The van der Waals surface area contributed by atoms with Gasteiger partial charge < -0.3 is 24.7 Å². The molecule has 168 valence electrons. The number of H-pyrrole nitrogens is 1. The van der Waals surface area contributed by atoms with Crippen molar-refractivity contribution in [2.45, 2.75) is 39.3 Å². The van der Waals surface area contributed by atoms with E-state index < -0.39 is 0 Å². The molecular formula is C25H29N3O3S. The Bertz CT molecular complexity index is 1170. The second-order valence-corrected chi connectivity index (χ2v) is 8.71. The highest BCUT2D eigenvalue weighted by molar-refractivity contribution is 7.80. The van der Waals surface area contributed by atoms with Gasteiger partial charge in [-0.3, -0.25) is 4.79 Å². The second kappa shape index (κ2) is 9.71. The van der Waals surface area contributed by atoms with Crippen LogP contribution in [0.25, 0.3) is 10.9 Å². The van der Waals surface area contributed by atoms with Crippen LogP contribution in [-0.4, -0.2) is 41.4 Å². The number of anilines is 1. The van der Waals surface area contributed by atoms with E-state index in [2.05, 4.69) is 23.3 Å². The predicted octanol–water partition coefficient (Wildman–Crippen LogP) is 4.53. The molecule has 3 aromatic rings. The predicted molar refractivity (Wildman–Crippen MR) is 133 cm³/mol. The lowest BCUT2D eigenvalue weighted by Gasteiger charge is -2.28. The zero-order valence-corrected chi connectivity index (χ0v) is 19.6. The Hall–Kier alpha value is -2.90. The summed E-state index contributed by atoms with van der Waals surface area (Å²) in [7, 11) is 1.64. The Labute approximate surface area is 193 Å². The minimum atomic E-state index is -0.0923. The van der Waals surface area contributed by atoms with E-state index in [0.29, 0.717) is 23.8 Å². The Morgan fingerprint density at radius 3 is 2.66 bits per heavy atom. The quantitative estimate of drug-likeness (QED) is 0.537. The number of aryl methyl sites for hydroxylation is 2. The first-order valence-electron chi connectivity index (χ1n) is 10.9. The van der Waals surface area contributed by atoms with Crippen molar-refractivity contribution in [1.82, 2.24) is 9.88 Å². The minimum absolute atomic E-state index is 0.0923. The number of nitrogens with zero attached hydrogens (tertiary/aromatic N) is 1. The third-order valence-corrected chi connectivity index (χ3v) is 6.33. The minimum Gasteiger partial charge on any atom is -0.497 e. The summed E-state index contributed by atoms with van der Waals surface area (Å²) in [5, 5.41) is 4.88. The van der Waals surface area contributed by atoms with Crippen LogP contribution in [0.5, 0.6) is 5.75 Å². The fourth-order valence-corrected chi connectivity index (χ4v) is 4.23. The lowest BCUT2D eigenvalue weighted by molar-refractivity contribution is 0.0904. The van der Waals surface area contributed by atoms with Gasteiger partial charge in [0.1, 0.15) is 5.75 Å². The van der Waals surface area contributed by atoms with Crippen molar-refractivity contribution in [3.8, 4) is 5.75 Å². The summed E-state index contributed by atoms with van der Waals surface area (Å²) >= 11 is 5.75. The van der Waals surface area contributed by atoms with Crippen molar-refractivity contribution >= 4 is 33.9 Å². The molecule has 4 rings (SSSR count). The summed E-state index contributed by atoms with van der Waals surface area (Å²) in [6.07, 6.45) is 2.15. The van der Waals surface area contributed by atoms with Gasteiger partial charge in [-0.2, -0.15) is 0 Å². The molecule has 2 N–H and O–H groups in total. The molecule has 2 aromatic carbocycles. The number of fused-ring (bicyclic) bond motifs is 1. The number of aromatic nitrogens is 1. The highest BCUT2D eigenvalue weighted by Gasteiger charge is 2.22. The van der Waals surface area contributed by atoms with Crippen molar-refractivity contribution in [2.75, 3.05) is 25.6 Å². The van der Waals surface area contributed by atoms with Crippen LogP contribution in [0.3, 0.4) is 0 Å². The lowest BCUT2D eigenvalue weighted by Crippen LogP contribution is -2.40. The number of rotatable bonds is 6. The highest BCUT2D eigenvalue weighted by atomic mass is 32.1. The van der Waals surface area contributed by atoms with E-state index in [4.69, 9.17) is 21.7 Å². The number of thiocarbonyl (C=S) groups is 1. The van der Waals surface area contributed by atoms with E-state index in [0.717, 1.165) is 47.4 Å². The molecule has 2 heterocycles. The zero-order valence-electron chi connectivity index (χ0n) is 18.7. The number of benzene rings is 2. The van der Waals surface area contributed by atoms with Gasteiger partial charge in [-0.25, -0.2) is 0 Å². The summed E-state index contributed by atoms with van der Waals surface area (Å²) in [5.74, 6) is 0.783. The maximum absolute atomic E-state index is 12.9. The first-order chi connectivity index (χ1) is 15.4. The number of pyridine rings is 1. The molecule has 0 saturated carbocycles. The average Bonchev–Trinajstić information content (AvgIpc) is 3.29. The van der Waals surface area contributed by atoms with Crippen LogP contribution in [0.1, 0.15) is 29.5 Å². The fourth-order valence-electron chi connectivity index (χ4n) is 3.98. The van der Waals surface area contributed by atoms with Crippen LogP contribution in [0.2, 0.25) is 0 Å². The van der Waals surface area contributed by atoms with Crippen LogP contribution < -0.4 is 15.6 Å². The average molecular weight is 452 g/mol. The fraction of sp³-hybridized carbons (Fsp3) is 0.360. The van der Waals surface area contributed by atoms with Gasteiger partial charge in [0.25, 0.3) is 5.56 Å². The molecule has 0 unspecified atom stereocenters. The molecule has 32 heavy (non-hydrogen) atoms. The van der Waals surface area contributed by atoms with Crippen LogP contribution in [0.15, 0.2) is 47.3 Å². The molecule has 7 heteroatoms. The van der Waals surface area contributed by atoms with Gasteiger partial charge in [0, 0.05) is 29.9 Å². The Morgan fingerprint density at radius 1 is 1.22 bits per heavy atom. The van der Waals surface area contributed by atoms with Gasteiger partial charge in [-0.05, 0) is 97.9 Å². The Balaban J connectivity index is 1.59. The summed E-state index contributed by atoms with van der Waals surface area (Å²) in [5.41, 5.74) is 4.66. The van der Waals surface area contributed by atoms with Crippen LogP contribution >= 0.6 is 12.2 Å². The SMILES string of the molecule is COc1ccc(NC(=S)N(Cc2cc3cc(C)c(C)cc3[nH]c2=O)C[C@@H]2CCCO2)cc1. The molecule has 0 bridgehead atoms. The molecule has 1 aliphatic heterocycles. The maximum atomic E-state index is 12.9. The van der Waals surface area contributed by atoms with Crippen LogP contribution in [-0.2, 0) is 11.3 Å². The molecule has 1 atom stereocenters. The van der Waals surface area contributed by atoms with Gasteiger partial charge in [-0.1, -0.05) is 0 Å². The topological polar surface area (TPSA) is 66.6 Å². The van der Waals surface area contributed by atoms with E-state index in [9.17, 15) is 4.79 Å². The van der Waals surface area contributed by atoms with Gasteiger partial charge in [0.05, 0.1) is 19.8 Å². The molecular weight excluding hydrogens is 422 g/mol. The zero-order chi connectivity index (χ0) is 22.7. The van der Waals surface area contributed by atoms with Crippen molar-refractivity contribution in [2.24, 2.45) is 0 Å². The van der Waals surface area contributed by atoms with Crippen molar-refractivity contribution < 1.29 is 9.47 Å². The number of ether oxygens (including phenoxy) is 2. The molecule has 1 aromatic heterocycles. The van der Waals surface area contributed by atoms with E-state index in [1.54, 1.807) is 7.11 Å². The molecule has 0 aliphatic carbocycles. The summed E-state index contributed by atoms with van der Waals surface area (Å²) < 4.78 is 11.1. The van der Waals surface area contributed by atoms with E-state index >= 15 is 0 Å². The summed E-state index contributed by atoms with van der Waals surface area (Å²) in [6, 6.07) is 13.7. The normalized spacial score (nSPS) is 15.7. The molecule has 0 radical (unpaired) electrons. The van der Waals surface area contributed by atoms with Gasteiger partial charge in [0.15, 0.2) is 5.11 Å². The third-order valence-electron chi connectivity index (χ3n) is 5.97. The molecule has 1 saturated heterocycles. The first-order valence-corrected chi connectivity index (χ1v) is 11.3. The monoisotopic (exact) mass is 451 g/mol. The standard InChI is InChI=1S/C25H29N3O3S/c1-16-11-18-13-19(24(29)27-23(18)12-17(16)2)14-28(15-22-5-4-10-31-22)25(32)26-20-6-8-21(30-3)9-7-20/h6-9,11-13,22H,4-5,10,14-15H2,1-3H3,(H,26,32)(H,27,29)/t22-/m0/s1. The van der Waals surface area contributed by atoms with Crippen LogP contribution in [0, 0.1) is 13.8 Å². The molecule has 0 amide bonds. The van der Waals surface area contributed by atoms with Crippen molar-refractivity contribution in [3.63, 3.8) is 0 Å². The van der Waals surface area contributed by atoms with Gasteiger partial charge >= 0.3 is 0 Å². The molecule has 1 fully saturated rings. The third kappa shape index (κ3) is 5.11. The first kappa shape index (κ1) is 22.3. The van der Waals surface area contributed by atoms with Crippen LogP contribution in [0.4, 0.5) is 5.69 Å². The summed E-state index contributed by atoms with van der Waals surface area (Å²) in [4.78, 5) is 17.9. The number of methoxy groups -OCH3 is 1. The molecule has 0 spiro atoms. The van der Waals surface area contributed by atoms with E-state index in [1.807, 2.05) is 48.2 Å². The number of aromatic amines is 1. The molecule has 1 aliphatic rings. The molecule has 6 nitrogen and oxygen atoms in total. The van der Waals surface area contributed by atoms with E-state index in [1.165, 1.54) is 5.56 Å². The highest BCUT2D eigenvalue weighted by Crippen LogP contribution is 2.20. The number of nitrogens with one attached hydrogen (secondary N) is 2. The lowest BCUT2D eigenvalue weighted by atomic mass is 10.0. The Morgan fingerprint density at radius 2 is 1.97 bits per heavy atom. The second-order valence-electron chi connectivity index (χ2n) is 8.32. The number of hydrogen-bond donors (Lipinski definition) is 2. The summed E-state index contributed by atoms with van der Waals surface area (Å²) in [6.45, 7) is 5.93.